The van der Waals surface area contributed by atoms with Crippen LogP contribution in [0.2, 0.25) is 0 Å². The van der Waals surface area contributed by atoms with Crippen molar-refractivity contribution in [3.63, 3.8) is 0 Å². The van der Waals surface area contributed by atoms with Crippen LogP contribution < -0.4 is 24.8 Å². The minimum Gasteiger partial charge on any atom is -0.497 e. The number of sulfonamides is 1. The molecule has 0 aromatic heterocycles. The Morgan fingerprint density at radius 1 is 1.12 bits per heavy atom. The summed E-state index contributed by atoms with van der Waals surface area (Å²) in [6.45, 7) is 0.759. The topological polar surface area (TPSA) is 123 Å². The first-order valence-electron chi connectivity index (χ1n) is 11.0. The SMILES string of the molecule is COc1ccc(S(=O)(=O)N2CCCC(C(=O)NCCC(=O)Nc3ccc4c(c3)OCO4)C2)cc1. The zero-order chi connectivity index (χ0) is 24.1. The molecule has 4 rings (SSSR count). The molecule has 1 unspecified atom stereocenters. The third-order valence-electron chi connectivity index (χ3n) is 5.76. The molecule has 2 N–H and O–H groups in total. The fraction of sp³-hybridized carbons (Fsp3) is 0.391. The highest BCUT2D eigenvalue weighted by Gasteiger charge is 2.33. The van der Waals surface area contributed by atoms with Crippen molar-refractivity contribution in [1.29, 1.82) is 0 Å². The van der Waals surface area contributed by atoms with Crippen LogP contribution in [0.1, 0.15) is 19.3 Å². The minimum atomic E-state index is -3.71. The van der Waals surface area contributed by atoms with E-state index < -0.39 is 15.9 Å². The molecule has 0 bridgehead atoms. The highest BCUT2D eigenvalue weighted by molar-refractivity contribution is 7.89. The Morgan fingerprint density at radius 3 is 2.65 bits per heavy atom. The van der Waals surface area contributed by atoms with Gasteiger partial charge in [-0.2, -0.15) is 4.31 Å². The number of carbonyl (C=O) groups excluding carboxylic acids is 2. The van der Waals surface area contributed by atoms with Crippen LogP contribution in [0.25, 0.3) is 0 Å². The molecule has 10 nitrogen and oxygen atoms in total. The van der Waals surface area contributed by atoms with Gasteiger partial charge in [-0.25, -0.2) is 8.42 Å². The van der Waals surface area contributed by atoms with Crippen LogP contribution in [0.3, 0.4) is 0 Å². The first-order valence-corrected chi connectivity index (χ1v) is 12.4. The van der Waals surface area contributed by atoms with Crippen molar-refractivity contribution in [3.8, 4) is 17.2 Å². The Morgan fingerprint density at radius 2 is 1.88 bits per heavy atom. The summed E-state index contributed by atoms with van der Waals surface area (Å²) in [5.74, 6) is 0.770. The number of nitrogens with one attached hydrogen (secondary N) is 2. The number of fused-ring (bicyclic) bond motifs is 1. The second-order valence-electron chi connectivity index (χ2n) is 8.03. The highest BCUT2D eigenvalue weighted by atomic mass is 32.2. The Labute approximate surface area is 198 Å². The van der Waals surface area contributed by atoms with Gasteiger partial charge in [-0.1, -0.05) is 0 Å². The lowest BCUT2D eigenvalue weighted by Gasteiger charge is -2.31. The lowest BCUT2D eigenvalue weighted by molar-refractivity contribution is -0.126. The number of methoxy groups -OCH3 is 1. The third-order valence-corrected chi connectivity index (χ3v) is 7.64. The van der Waals surface area contributed by atoms with E-state index in [1.165, 1.54) is 23.5 Å². The van der Waals surface area contributed by atoms with Crippen molar-refractivity contribution in [2.75, 3.05) is 38.9 Å². The summed E-state index contributed by atoms with van der Waals surface area (Å²) in [4.78, 5) is 25.0. The Hall–Kier alpha value is -3.31. The van der Waals surface area contributed by atoms with E-state index in [-0.39, 0.29) is 43.0 Å². The molecule has 2 aliphatic heterocycles. The van der Waals surface area contributed by atoms with E-state index in [9.17, 15) is 18.0 Å². The van der Waals surface area contributed by atoms with Crippen LogP contribution in [0.5, 0.6) is 17.2 Å². The maximum atomic E-state index is 13.0. The summed E-state index contributed by atoms with van der Waals surface area (Å²) >= 11 is 0. The van der Waals surface area contributed by atoms with Gasteiger partial charge in [0.1, 0.15) is 5.75 Å². The van der Waals surface area contributed by atoms with Crippen LogP contribution in [-0.4, -0.2) is 58.1 Å². The number of anilines is 1. The van der Waals surface area contributed by atoms with Crippen LogP contribution in [0.4, 0.5) is 5.69 Å². The lowest BCUT2D eigenvalue weighted by Crippen LogP contribution is -2.45. The molecule has 1 atom stereocenters. The first-order chi connectivity index (χ1) is 16.4. The van der Waals surface area contributed by atoms with Gasteiger partial charge in [0.15, 0.2) is 11.5 Å². The normalized spacial score (nSPS) is 17.7. The molecular formula is C23H27N3O7S. The molecular weight excluding hydrogens is 462 g/mol. The molecule has 0 saturated carbocycles. The molecule has 0 aliphatic carbocycles. The largest absolute Gasteiger partial charge is 0.497 e. The van der Waals surface area contributed by atoms with Crippen molar-refractivity contribution >= 4 is 27.5 Å². The molecule has 11 heteroatoms. The van der Waals surface area contributed by atoms with Gasteiger partial charge in [-0.3, -0.25) is 9.59 Å². The van der Waals surface area contributed by atoms with Crippen molar-refractivity contribution in [1.82, 2.24) is 9.62 Å². The van der Waals surface area contributed by atoms with E-state index in [0.29, 0.717) is 42.3 Å². The number of hydrogen-bond donors (Lipinski definition) is 2. The fourth-order valence-electron chi connectivity index (χ4n) is 3.91. The number of rotatable bonds is 8. The predicted octanol–water partition coefficient (Wildman–Crippen LogP) is 1.97. The Kier molecular flexibility index (Phi) is 7.23. The van der Waals surface area contributed by atoms with Gasteiger partial charge in [0, 0.05) is 37.8 Å². The summed E-state index contributed by atoms with van der Waals surface area (Å²) in [5, 5.41) is 5.51. The van der Waals surface area contributed by atoms with E-state index in [0.717, 1.165) is 0 Å². The van der Waals surface area contributed by atoms with E-state index in [1.807, 2.05) is 0 Å². The van der Waals surface area contributed by atoms with Crippen LogP contribution in [0.15, 0.2) is 47.4 Å². The average molecular weight is 490 g/mol. The maximum Gasteiger partial charge on any atom is 0.243 e. The van der Waals surface area contributed by atoms with Crippen molar-refractivity contribution in [2.24, 2.45) is 5.92 Å². The average Bonchev–Trinajstić information content (AvgIpc) is 3.32. The smallest absolute Gasteiger partial charge is 0.243 e. The monoisotopic (exact) mass is 489 g/mol. The van der Waals surface area contributed by atoms with Gasteiger partial charge in [0.05, 0.1) is 17.9 Å². The van der Waals surface area contributed by atoms with Crippen LogP contribution in [0, 0.1) is 5.92 Å². The second-order valence-corrected chi connectivity index (χ2v) is 9.97. The number of ether oxygens (including phenoxy) is 3. The maximum absolute atomic E-state index is 13.0. The molecule has 2 aromatic rings. The van der Waals surface area contributed by atoms with E-state index in [4.69, 9.17) is 14.2 Å². The summed E-state index contributed by atoms with van der Waals surface area (Å²) < 4.78 is 42.9. The Bertz CT molecular complexity index is 1150. The number of carbonyl (C=O) groups is 2. The number of amides is 2. The quantitative estimate of drug-likeness (QED) is 0.581. The summed E-state index contributed by atoms with van der Waals surface area (Å²) in [7, 11) is -2.20. The molecule has 2 amide bonds. The molecule has 0 spiro atoms. The van der Waals surface area contributed by atoms with Crippen LogP contribution >= 0.6 is 0 Å². The van der Waals surface area contributed by atoms with Crippen molar-refractivity contribution < 1.29 is 32.2 Å². The van der Waals surface area contributed by atoms with Gasteiger partial charge in [-0.15, -0.1) is 0 Å². The highest BCUT2D eigenvalue weighted by Crippen LogP contribution is 2.34. The second kappa shape index (κ2) is 10.3. The number of piperidine rings is 1. The molecule has 1 fully saturated rings. The first kappa shape index (κ1) is 23.8. The summed E-state index contributed by atoms with van der Waals surface area (Å²) in [6.07, 6.45) is 1.25. The Balaban J connectivity index is 1.26. The van der Waals surface area contributed by atoms with Gasteiger partial charge >= 0.3 is 0 Å². The molecule has 0 radical (unpaired) electrons. The van der Waals surface area contributed by atoms with Crippen molar-refractivity contribution in [3.05, 3.63) is 42.5 Å². The number of benzene rings is 2. The lowest BCUT2D eigenvalue weighted by atomic mass is 9.99. The van der Waals surface area contributed by atoms with Gasteiger partial charge in [0.2, 0.25) is 28.6 Å². The number of hydrogen-bond acceptors (Lipinski definition) is 7. The molecule has 182 valence electrons. The van der Waals surface area contributed by atoms with Crippen LogP contribution in [-0.2, 0) is 19.6 Å². The van der Waals surface area contributed by atoms with Crippen molar-refractivity contribution in [2.45, 2.75) is 24.2 Å². The fourth-order valence-corrected chi connectivity index (χ4v) is 5.44. The molecule has 1 saturated heterocycles. The van der Waals surface area contributed by atoms with Gasteiger partial charge in [0.25, 0.3) is 0 Å². The number of nitrogens with zero attached hydrogens (tertiary/aromatic N) is 1. The minimum absolute atomic E-state index is 0.0841. The summed E-state index contributed by atoms with van der Waals surface area (Å²) in [5.41, 5.74) is 0.576. The van der Waals surface area contributed by atoms with Gasteiger partial charge < -0.3 is 24.8 Å². The zero-order valence-electron chi connectivity index (χ0n) is 18.8. The predicted molar refractivity (Wildman–Crippen MR) is 123 cm³/mol. The molecule has 34 heavy (non-hydrogen) atoms. The summed E-state index contributed by atoms with van der Waals surface area (Å²) in [6, 6.07) is 11.3. The van der Waals surface area contributed by atoms with Gasteiger partial charge in [-0.05, 0) is 49.2 Å². The zero-order valence-corrected chi connectivity index (χ0v) is 19.6. The molecule has 2 heterocycles. The van der Waals surface area contributed by atoms with E-state index in [1.54, 1.807) is 30.3 Å². The van der Waals surface area contributed by atoms with E-state index >= 15 is 0 Å². The van der Waals surface area contributed by atoms with E-state index in [2.05, 4.69) is 10.6 Å². The standard InChI is InChI=1S/C23H27N3O7S/c1-31-18-5-7-19(8-6-18)34(29,30)26-12-2-3-16(14-26)23(28)24-11-10-22(27)25-17-4-9-20-21(13-17)33-15-32-20/h4-9,13,16H,2-3,10-12,14-15H2,1H3,(H,24,28)(H,25,27). The molecule has 2 aromatic carbocycles. The molecule has 2 aliphatic rings. The third kappa shape index (κ3) is 5.42.